The number of benzene rings is 3. The third kappa shape index (κ3) is 7.14. The van der Waals surface area contributed by atoms with Gasteiger partial charge in [-0.25, -0.2) is 13.8 Å². The van der Waals surface area contributed by atoms with Crippen molar-refractivity contribution in [1.29, 1.82) is 0 Å². The van der Waals surface area contributed by atoms with Crippen LogP contribution >= 0.6 is 23.2 Å². The van der Waals surface area contributed by atoms with Crippen LogP contribution in [0.25, 0.3) is 0 Å². The summed E-state index contributed by atoms with van der Waals surface area (Å²) in [7, 11) is 0.370. The number of carbonyl (C=O) groups is 1. The van der Waals surface area contributed by atoms with Crippen LogP contribution in [0.5, 0.6) is 17.2 Å². The van der Waals surface area contributed by atoms with E-state index in [1.54, 1.807) is 36.4 Å². The van der Waals surface area contributed by atoms with Crippen LogP contribution in [-0.2, 0) is 21.4 Å². The summed E-state index contributed by atoms with van der Waals surface area (Å²) < 4.78 is 43.8. The fourth-order valence-corrected chi connectivity index (χ4v) is 5.14. The van der Waals surface area contributed by atoms with E-state index in [1.807, 2.05) is 0 Å². The van der Waals surface area contributed by atoms with Crippen LogP contribution < -0.4 is 19.6 Å². The van der Waals surface area contributed by atoms with Gasteiger partial charge in [0.1, 0.15) is 0 Å². The summed E-state index contributed by atoms with van der Waals surface area (Å²) in [6, 6.07) is 15.7. The average molecular weight is 566 g/mol. The van der Waals surface area contributed by atoms with E-state index in [9.17, 15) is 13.2 Å². The molecule has 9 nitrogen and oxygen atoms in total. The van der Waals surface area contributed by atoms with E-state index < -0.39 is 22.5 Å². The molecule has 0 radical (unpaired) electrons. The molecule has 12 heteroatoms. The summed E-state index contributed by atoms with van der Waals surface area (Å²) in [4.78, 5) is 12.7. The van der Waals surface area contributed by atoms with Gasteiger partial charge >= 0.3 is 0 Å². The minimum atomic E-state index is -4.06. The van der Waals surface area contributed by atoms with Gasteiger partial charge in [-0.15, -0.1) is 0 Å². The molecule has 0 heterocycles. The van der Waals surface area contributed by atoms with Crippen LogP contribution in [0.15, 0.2) is 70.7 Å². The second-order valence-corrected chi connectivity index (χ2v) is 10.4. The number of hydrogen-bond acceptors (Lipinski definition) is 7. The topological polar surface area (TPSA) is 107 Å². The van der Waals surface area contributed by atoms with Gasteiger partial charge in [-0.2, -0.15) is 9.41 Å². The Morgan fingerprint density at radius 1 is 0.946 bits per heavy atom. The molecule has 1 amide bonds. The third-order valence-corrected chi connectivity index (χ3v) is 7.44. The van der Waals surface area contributed by atoms with E-state index in [-0.39, 0.29) is 11.4 Å². The molecule has 0 aromatic heterocycles. The molecule has 0 spiro atoms. The number of nitrogens with one attached hydrogen (secondary N) is 1. The van der Waals surface area contributed by atoms with Crippen molar-refractivity contribution in [2.75, 3.05) is 27.9 Å². The number of rotatable bonds is 11. The zero-order chi connectivity index (χ0) is 27.0. The number of hydrogen-bond donors (Lipinski definition) is 1. The molecule has 0 fully saturated rings. The molecule has 0 aliphatic heterocycles. The van der Waals surface area contributed by atoms with Gasteiger partial charge < -0.3 is 14.2 Å². The molecule has 3 aromatic carbocycles. The maximum Gasteiger partial charge on any atom is 0.255 e. The number of nitrogens with zero attached hydrogens (tertiary/aromatic N) is 2. The molecule has 0 aliphatic rings. The number of hydrazone groups is 1. The average Bonchev–Trinajstić information content (AvgIpc) is 2.88. The van der Waals surface area contributed by atoms with Crippen LogP contribution in [0.4, 0.5) is 0 Å². The van der Waals surface area contributed by atoms with Crippen molar-refractivity contribution in [2.45, 2.75) is 11.4 Å². The van der Waals surface area contributed by atoms with E-state index in [4.69, 9.17) is 37.4 Å². The van der Waals surface area contributed by atoms with Gasteiger partial charge in [0.05, 0.1) is 39.0 Å². The van der Waals surface area contributed by atoms with E-state index in [2.05, 4.69) is 10.5 Å². The molecule has 0 aliphatic carbocycles. The molecule has 37 heavy (non-hydrogen) atoms. The highest BCUT2D eigenvalue weighted by atomic mass is 35.5. The molecule has 3 aromatic rings. The van der Waals surface area contributed by atoms with Gasteiger partial charge in [-0.1, -0.05) is 35.3 Å². The summed E-state index contributed by atoms with van der Waals surface area (Å²) in [5, 5.41) is 4.79. The lowest BCUT2D eigenvalue weighted by atomic mass is 10.2. The second-order valence-electron chi connectivity index (χ2n) is 7.57. The molecule has 1 N–H and O–H groups in total. The summed E-state index contributed by atoms with van der Waals surface area (Å²) in [6.45, 7) is -0.593. The van der Waals surface area contributed by atoms with Crippen molar-refractivity contribution in [1.82, 2.24) is 9.73 Å². The molecular weight excluding hydrogens is 541 g/mol. The molecule has 0 atom stereocenters. The van der Waals surface area contributed by atoms with Crippen LogP contribution in [0.2, 0.25) is 10.0 Å². The normalized spacial score (nSPS) is 11.5. The first-order valence-electron chi connectivity index (χ1n) is 10.8. The summed E-state index contributed by atoms with van der Waals surface area (Å²) in [5.74, 6) is 0.523. The van der Waals surface area contributed by atoms with Crippen molar-refractivity contribution in [3.8, 4) is 17.2 Å². The number of amides is 1. The fraction of sp³-hybridized carbons (Fsp3) is 0.200. The zero-order valence-electron chi connectivity index (χ0n) is 20.3. The van der Waals surface area contributed by atoms with Crippen molar-refractivity contribution in [3.63, 3.8) is 0 Å². The molecule has 0 unspecified atom stereocenters. The SMILES string of the molecule is COc1ccc(/C=N\NC(=O)CN(Cc2cccc(Cl)c2)S(=O)(=O)c2ccc(Cl)cc2)c(OC)c1OC. The zero-order valence-corrected chi connectivity index (χ0v) is 22.6. The van der Waals surface area contributed by atoms with E-state index >= 15 is 0 Å². The lowest BCUT2D eigenvalue weighted by molar-refractivity contribution is -0.121. The highest BCUT2D eigenvalue weighted by Gasteiger charge is 2.27. The lowest BCUT2D eigenvalue weighted by Gasteiger charge is -2.21. The highest BCUT2D eigenvalue weighted by Crippen LogP contribution is 2.39. The molecule has 3 rings (SSSR count). The Hall–Kier alpha value is -3.31. The molecule has 0 bridgehead atoms. The number of methoxy groups -OCH3 is 3. The first-order chi connectivity index (χ1) is 17.7. The van der Waals surface area contributed by atoms with Crippen LogP contribution in [0.1, 0.15) is 11.1 Å². The Bertz CT molecular complexity index is 1380. The highest BCUT2D eigenvalue weighted by molar-refractivity contribution is 7.89. The maximum atomic E-state index is 13.4. The molecule has 0 saturated carbocycles. The minimum absolute atomic E-state index is 0.00899. The Labute approximate surface area is 225 Å². The van der Waals surface area contributed by atoms with Crippen molar-refractivity contribution in [3.05, 3.63) is 81.8 Å². The lowest BCUT2D eigenvalue weighted by Crippen LogP contribution is -2.39. The number of carbonyl (C=O) groups excluding carboxylic acids is 1. The molecular formula is C25H25Cl2N3O6S. The largest absolute Gasteiger partial charge is 0.493 e. The van der Waals surface area contributed by atoms with Crippen molar-refractivity contribution >= 4 is 45.3 Å². The van der Waals surface area contributed by atoms with Gasteiger partial charge in [0.15, 0.2) is 11.5 Å². The van der Waals surface area contributed by atoms with E-state index in [0.717, 1.165) is 4.31 Å². The standard InChI is InChI=1S/C25H25Cl2N3O6S/c1-34-22-12-7-18(24(35-2)25(22)36-3)14-28-29-23(31)16-30(15-17-5-4-6-20(27)13-17)37(32,33)21-10-8-19(26)9-11-21/h4-14H,15-16H2,1-3H3,(H,29,31)/b28-14-. The van der Waals surface area contributed by atoms with Gasteiger partial charge in [-0.05, 0) is 54.1 Å². The Morgan fingerprint density at radius 2 is 1.65 bits per heavy atom. The van der Waals surface area contributed by atoms with Crippen molar-refractivity contribution in [2.24, 2.45) is 5.10 Å². The smallest absolute Gasteiger partial charge is 0.255 e. The van der Waals surface area contributed by atoms with Gasteiger partial charge in [0, 0.05) is 22.2 Å². The second kappa shape index (κ2) is 12.8. The first-order valence-corrected chi connectivity index (χ1v) is 13.0. The Kier molecular flexibility index (Phi) is 9.76. The van der Waals surface area contributed by atoms with Crippen molar-refractivity contribution < 1.29 is 27.4 Å². The Morgan fingerprint density at radius 3 is 2.27 bits per heavy atom. The summed E-state index contributed by atoms with van der Waals surface area (Å²) in [5.41, 5.74) is 3.47. The molecule has 196 valence electrons. The summed E-state index contributed by atoms with van der Waals surface area (Å²) >= 11 is 12.0. The van der Waals surface area contributed by atoms with Gasteiger partial charge in [0.2, 0.25) is 15.8 Å². The monoisotopic (exact) mass is 565 g/mol. The van der Waals surface area contributed by atoms with E-state index in [0.29, 0.717) is 38.4 Å². The number of sulfonamides is 1. The predicted molar refractivity (Wildman–Crippen MR) is 142 cm³/mol. The maximum absolute atomic E-state index is 13.4. The Balaban J connectivity index is 1.82. The third-order valence-electron chi connectivity index (χ3n) is 5.15. The van der Waals surface area contributed by atoms with Gasteiger partial charge in [-0.3, -0.25) is 4.79 Å². The fourth-order valence-electron chi connectivity index (χ4n) is 3.42. The van der Waals surface area contributed by atoms with Crippen LogP contribution in [-0.4, -0.2) is 52.7 Å². The van der Waals surface area contributed by atoms with E-state index in [1.165, 1.54) is 51.8 Å². The predicted octanol–water partition coefficient (Wildman–Crippen LogP) is 4.36. The van der Waals surface area contributed by atoms with Gasteiger partial charge in [0.25, 0.3) is 5.91 Å². The quantitative estimate of drug-likeness (QED) is 0.273. The molecule has 0 saturated heterocycles. The van der Waals surface area contributed by atoms with Crippen LogP contribution in [0.3, 0.4) is 0 Å². The first kappa shape index (κ1) is 28.3. The minimum Gasteiger partial charge on any atom is -0.493 e. The number of halogens is 2. The van der Waals surface area contributed by atoms with Crippen LogP contribution in [0, 0.1) is 0 Å². The number of ether oxygens (including phenoxy) is 3. The summed E-state index contributed by atoms with van der Waals surface area (Å²) in [6.07, 6.45) is 1.35.